The molecule has 4 heteroatoms. The third-order valence-electron chi connectivity index (χ3n) is 3.76. The molecule has 2 atom stereocenters. The minimum absolute atomic E-state index is 0.0737. The Morgan fingerprint density at radius 1 is 1.39 bits per heavy atom. The molecule has 1 N–H and O–H groups in total. The summed E-state index contributed by atoms with van der Waals surface area (Å²) in [5.74, 6) is 1.01. The molecule has 1 saturated heterocycles. The van der Waals surface area contributed by atoms with E-state index in [4.69, 9.17) is 9.47 Å². The lowest BCUT2D eigenvalue weighted by molar-refractivity contribution is 0.0892. The quantitative estimate of drug-likeness (QED) is 0.811. The number of likely N-dealkylation sites (N-methyl/N-ethyl adjacent to an activating group) is 1. The number of fused-ring (bicyclic) bond motifs is 1. The highest BCUT2D eigenvalue weighted by molar-refractivity contribution is 5.99. The van der Waals surface area contributed by atoms with Crippen LogP contribution in [-0.4, -0.2) is 38.7 Å². The number of Topliss-reactive ketones (excluding diaryl/α,β-unsaturated/α-hetero) is 1. The molecule has 0 aromatic heterocycles. The molecule has 3 rings (SSSR count). The molecule has 0 bridgehead atoms. The molecule has 0 saturated carbocycles. The Labute approximate surface area is 106 Å². The van der Waals surface area contributed by atoms with Crippen LogP contribution >= 0.6 is 0 Å². The fourth-order valence-corrected chi connectivity index (χ4v) is 2.65. The van der Waals surface area contributed by atoms with Crippen LogP contribution in [0.3, 0.4) is 0 Å². The van der Waals surface area contributed by atoms with Crippen molar-refractivity contribution in [3.8, 4) is 5.75 Å². The van der Waals surface area contributed by atoms with Crippen LogP contribution in [0.5, 0.6) is 5.75 Å². The molecule has 1 fully saturated rings. The highest BCUT2D eigenvalue weighted by Crippen LogP contribution is 2.28. The summed E-state index contributed by atoms with van der Waals surface area (Å²) in [4.78, 5) is 12.5. The number of ketones is 1. The number of nitrogens with one attached hydrogen (secondary N) is 1. The molecule has 2 aliphatic heterocycles. The molecule has 96 valence electrons. The monoisotopic (exact) mass is 247 g/mol. The lowest BCUT2D eigenvalue weighted by Gasteiger charge is -2.15. The van der Waals surface area contributed by atoms with Gasteiger partial charge in [0.25, 0.3) is 0 Å². The number of carbonyl (C=O) groups excluding carboxylic acids is 1. The normalized spacial score (nSPS) is 25.8. The van der Waals surface area contributed by atoms with Gasteiger partial charge in [-0.25, -0.2) is 0 Å². The summed E-state index contributed by atoms with van der Waals surface area (Å²) in [5, 5.41) is 3.15. The van der Waals surface area contributed by atoms with Gasteiger partial charge in [-0.2, -0.15) is 0 Å². The molecule has 1 aromatic rings. The standard InChI is InChI=1S/C14H17NO3/c1-15-12-8-17-7-11(12)14(16)10-2-3-13-9(6-10)4-5-18-13/h2-3,6,11-12,15H,4-5,7-8H2,1H3. The molecule has 0 radical (unpaired) electrons. The molecule has 2 heterocycles. The van der Waals surface area contributed by atoms with Crippen molar-refractivity contribution < 1.29 is 14.3 Å². The summed E-state index contributed by atoms with van der Waals surface area (Å²) in [5.41, 5.74) is 1.91. The first kappa shape index (κ1) is 11.7. The van der Waals surface area contributed by atoms with Crippen molar-refractivity contribution in [2.45, 2.75) is 12.5 Å². The molecule has 2 unspecified atom stereocenters. The Bertz CT molecular complexity index is 472. The molecule has 1 aromatic carbocycles. The van der Waals surface area contributed by atoms with E-state index < -0.39 is 0 Å². The van der Waals surface area contributed by atoms with Gasteiger partial charge in [0.2, 0.25) is 0 Å². The molecular formula is C14H17NO3. The second-order valence-electron chi connectivity index (χ2n) is 4.82. The third-order valence-corrected chi connectivity index (χ3v) is 3.76. The summed E-state index contributed by atoms with van der Waals surface area (Å²) in [7, 11) is 1.87. The molecule has 0 aliphatic carbocycles. The first-order valence-corrected chi connectivity index (χ1v) is 6.34. The van der Waals surface area contributed by atoms with Gasteiger partial charge in [-0.1, -0.05) is 0 Å². The van der Waals surface area contributed by atoms with E-state index in [0.717, 1.165) is 29.9 Å². The van der Waals surface area contributed by atoms with Crippen LogP contribution in [0, 0.1) is 5.92 Å². The second-order valence-corrected chi connectivity index (χ2v) is 4.82. The predicted octanol–water partition coefficient (Wildman–Crippen LogP) is 1.04. The van der Waals surface area contributed by atoms with Crippen molar-refractivity contribution in [2.24, 2.45) is 5.92 Å². The fourth-order valence-electron chi connectivity index (χ4n) is 2.65. The SMILES string of the molecule is CNC1COCC1C(=O)c1ccc2c(c1)CCO2. The smallest absolute Gasteiger partial charge is 0.169 e. The average molecular weight is 247 g/mol. The van der Waals surface area contributed by atoms with Crippen LogP contribution in [0.4, 0.5) is 0 Å². The van der Waals surface area contributed by atoms with E-state index in [1.807, 2.05) is 25.2 Å². The summed E-state index contributed by atoms with van der Waals surface area (Å²) in [6, 6.07) is 5.86. The largest absolute Gasteiger partial charge is 0.493 e. The molecule has 4 nitrogen and oxygen atoms in total. The lowest BCUT2D eigenvalue weighted by Crippen LogP contribution is -2.37. The van der Waals surface area contributed by atoms with E-state index >= 15 is 0 Å². The Morgan fingerprint density at radius 3 is 3.11 bits per heavy atom. The number of ether oxygens (including phenoxy) is 2. The molecular weight excluding hydrogens is 230 g/mol. The number of hydrogen-bond donors (Lipinski definition) is 1. The number of rotatable bonds is 3. The predicted molar refractivity (Wildman–Crippen MR) is 67.1 cm³/mol. The Kier molecular flexibility index (Phi) is 3.06. The van der Waals surface area contributed by atoms with Gasteiger partial charge in [0.05, 0.1) is 25.7 Å². The van der Waals surface area contributed by atoms with Crippen molar-refractivity contribution in [3.05, 3.63) is 29.3 Å². The van der Waals surface area contributed by atoms with E-state index in [1.54, 1.807) is 0 Å². The molecule has 0 amide bonds. The van der Waals surface area contributed by atoms with Crippen LogP contribution < -0.4 is 10.1 Å². The zero-order valence-electron chi connectivity index (χ0n) is 10.4. The van der Waals surface area contributed by atoms with Crippen LogP contribution in [0.2, 0.25) is 0 Å². The van der Waals surface area contributed by atoms with E-state index in [1.165, 1.54) is 0 Å². The maximum Gasteiger partial charge on any atom is 0.169 e. The van der Waals surface area contributed by atoms with E-state index in [2.05, 4.69) is 5.32 Å². The van der Waals surface area contributed by atoms with Crippen molar-refractivity contribution in [2.75, 3.05) is 26.9 Å². The van der Waals surface area contributed by atoms with Crippen LogP contribution in [-0.2, 0) is 11.2 Å². The first-order chi connectivity index (χ1) is 8.79. The summed E-state index contributed by atoms with van der Waals surface area (Å²) in [6.07, 6.45) is 0.896. The van der Waals surface area contributed by atoms with Gasteiger partial charge in [0, 0.05) is 18.0 Å². The third kappa shape index (κ3) is 1.91. The van der Waals surface area contributed by atoms with E-state index in [-0.39, 0.29) is 17.7 Å². The van der Waals surface area contributed by atoms with Gasteiger partial charge < -0.3 is 14.8 Å². The maximum atomic E-state index is 12.5. The Hall–Kier alpha value is -1.39. The Morgan fingerprint density at radius 2 is 2.28 bits per heavy atom. The van der Waals surface area contributed by atoms with Gasteiger partial charge in [-0.05, 0) is 30.8 Å². The summed E-state index contributed by atoms with van der Waals surface area (Å²) < 4.78 is 10.8. The average Bonchev–Trinajstić information content (AvgIpc) is 3.05. The van der Waals surface area contributed by atoms with Crippen LogP contribution in [0.25, 0.3) is 0 Å². The maximum absolute atomic E-state index is 12.5. The van der Waals surface area contributed by atoms with E-state index in [9.17, 15) is 4.79 Å². The van der Waals surface area contributed by atoms with Crippen molar-refractivity contribution in [3.63, 3.8) is 0 Å². The highest BCUT2D eigenvalue weighted by atomic mass is 16.5. The topological polar surface area (TPSA) is 47.6 Å². The van der Waals surface area contributed by atoms with Crippen molar-refractivity contribution >= 4 is 5.78 Å². The number of hydrogen-bond acceptors (Lipinski definition) is 4. The van der Waals surface area contributed by atoms with Gasteiger partial charge in [-0.3, -0.25) is 4.79 Å². The molecule has 0 spiro atoms. The lowest BCUT2D eigenvalue weighted by atomic mass is 9.92. The summed E-state index contributed by atoms with van der Waals surface area (Å²) >= 11 is 0. The number of carbonyl (C=O) groups is 1. The minimum atomic E-state index is -0.0737. The molecule has 18 heavy (non-hydrogen) atoms. The second kappa shape index (κ2) is 4.71. The number of benzene rings is 1. The minimum Gasteiger partial charge on any atom is -0.493 e. The first-order valence-electron chi connectivity index (χ1n) is 6.34. The van der Waals surface area contributed by atoms with Gasteiger partial charge in [0.15, 0.2) is 5.78 Å². The van der Waals surface area contributed by atoms with Crippen molar-refractivity contribution in [1.29, 1.82) is 0 Å². The van der Waals surface area contributed by atoms with E-state index in [0.29, 0.717) is 13.2 Å². The van der Waals surface area contributed by atoms with Crippen LogP contribution in [0.1, 0.15) is 15.9 Å². The van der Waals surface area contributed by atoms with Crippen molar-refractivity contribution in [1.82, 2.24) is 5.32 Å². The van der Waals surface area contributed by atoms with Gasteiger partial charge in [-0.15, -0.1) is 0 Å². The fraction of sp³-hybridized carbons (Fsp3) is 0.500. The van der Waals surface area contributed by atoms with Gasteiger partial charge in [0.1, 0.15) is 5.75 Å². The summed E-state index contributed by atoms with van der Waals surface area (Å²) in [6.45, 7) is 1.84. The highest BCUT2D eigenvalue weighted by Gasteiger charge is 2.33. The zero-order valence-corrected chi connectivity index (χ0v) is 10.4. The zero-order chi connectivity index (χ0) is 12.5. The molecule has 2 aliphatic rings. The van der Waals surface area contributed by atoms with Gasteiger partial charge >= 0.3 is 0 Å². The van der Waals surface area contributed by atoms with Crippen LogP contribution in [0.15, 0.2) is 18.2 Å². The Balaban J connectivity index is 1.84.